The van der Waals surface area contributed by atoms with Crippen molar-refractivity contribution in [2.24, 2.45) is 4.66 Å². The van der Waals surface area contributed by atoms with Crippen LogP contribution in [0.5, 0.6) is 0 Å². The van der Waals surface area contributed by atoms with Crippen LogP contribution in [0, 0.1) is 0 Å². The molecule has 0 fully saturated rings. The molecule has 6 rings (SSSR count). The molecule has 4 nitrogen and oxygen atoms in total. The molecule has 0 N–H and O–H groups in total. The molecule has 0 aromatic heterocycles. The van der Waals surface area contributed by atoms with Crippen molar-refractivity contribution in [1.29, 1.82) is 0 Å². The van der Waals surface area contributed by atoms with E-state index in [1.54, 1.807) is 0 Å². The maximum absolute atomic E-state index is 5.28. The highest BCUT2D eigenvalue weighted by Gasteiger charge is 2.36. The molecule has 0 aliphatic heterocycles. The number of anilines is 6. The third-order valence-corrected chi connectivity index (χ3v) is 7.80. The third-order valence-electron chi connectivity index (χ3n) is 7.34. The first kappa shape index (κ1) is 27.8. The second-order valence-electron chi connectivity index (χ2n) is 10.0. The molecule has 5 heteroatoms. The van der Waals surface area contributed by atoms with Crippen LogP contribution in [0.25, 0.3) is 0 Å². The van der Waals surface area contributed by atoms with Crippen LogP contribution in [0.15, 0.2) is 187 Å². The fourth-order valence-corrected chi connectivity index (χ4v) is 5.89. The number of hydrogen-bond acceptors (Lipinski definition) is 3. The molecule has 210 valence electrons. The zero-order valence-electron chi connectivity index (χ0n) is 24.2. The second kappa shape index (κ2) is 13.5. The first-order valence-corrected chi connectivity index (χ1v) is 15.4. The molecule has 0 unspecified atom stereocenters. The lowest BCUT2D eigenvalue weighted by molar-refractivity contribution is 0.811. The summed E-state index contributed by atoms with van der Waals surface area (Å²) in [6.45, 7) is 0. The Hall–Kier alpha value is -5.39. The topological polar surface area (TPSA) is 22.1 Å². The molecule has 0 radical (unpaired) electrons. The van der Waals surface area contributed by atoms with Crippen molar-refractivity contribution < 1.29 is 0 Å². The maximum atomic E-state index is 5.28. The molecule has 0 spiro atoms. The summed E-state index contributed by atoms with van der Waals surface area (Å²) in [6, 6.07) is 63.5. The van der Waals surface area contributed by atoms with Crippen LogP contribution < -0.4 is 14.7 Å². The van der Waals surface area contributed by atoms with Crippen molar-refractivity contribution in [3.63, 3.8) is 0 Å². The van der Waals surface area contributed by atoms with Gasteiger partial charge in [0.1, 0.15) is 16.2 Å². The van der Waals surface area contributed by atoms with E-state index in [2.05, 4.69) is 197 Å². The minimum atomic E-state index is -0.368. The second-order valence-corrected chi connectivity index (χ2v) is 10.5. The number of benzene rings is 6. The molecule has 0 heterocycles. The minimum absolute atomic E-state index is 0.368. The maximum Gasteiger partial charge on any atom is 0.169 e. The predicted molar refractivity (Wildman–Crippen MR) is 186 cm³/mol. The lowest BCUT2D eigenvalue weighted by Crippen LogP contribution is -2.55. The van der Waals surface area contributed by atoms with Crippen molar-refractivity contribution in [2.75, 3.05) is 14.7 Å². The number of rotatable bonds is 9. The van der Waals surface area contributed by atoms with Gasteiger partial charge in [0, 0.05) is 34.1 Å². The van der Waals surface area contributed by atoms with Crippen LogP contribution in [0.2, 0.25) is 0 Å². The van der Waals surface area contributed by atoms with Crippen LogP contribution in [0.3, 0.4) is 0 Å². The summed E-state index contributed by atoms with van der Waals surface area (Å²) in [6.07, 6.45) is -0.368. The Morgan fingerprint density at radius 1 is 0.372 bits per heavy atom. The molecule has 43 heavy (non-hydrogen) atoms. The van der Waals surface area contributed by atoms with Gasteiger partial charge in [-0.2, -0.15) is 0 Å². The van der Waals surface area contributed by atoms with Gasteiger partial charge in [0.25, 0.3) is 0 Å². The highest BCUT2D eigenvalue weighted by molar-refractivity contribution is 6.21. The van der Waals surface area contributed by atoms with Crippen LogP contribution in [0.1, 0.15) is 0 Å². The summed E-state index contributed by atoms with van der Waals surface area (Å²) in [5, 5.41) is 0. The van der Waals surface area contributed by atoms with Gasteiger partial charge in [0.05, 0.1) is 0 Å². The zero-order valence-corrected chi connectivity index (χ0v) is 26.2. The summed E-state index contributed by atoms with van der Waals surface area (Å²) in [5.74, 6) is 0.921. The molecule has 0 aliphatic carbocycles. The van der Waals surface area contributed by atoms with Gasteiger partial charge in [0.15, 0.2) is 6.17 Å². The molecule has 0 aliphatic rings. The SMILES string of the molecule is [SiH3]N=C(C(N(c1ccccc1)c1ccccc1)N(c1ccccc1)c1ccccc1)N(c1ccccc1)c1ccccc1. The number of para-hydroxylation sites is 6. The van der Waals surface area contributed by atoms with Crippen molar-refractivity contribution in [3.8, 4) is 0 Å². The Labute approximate surface area is 257 Å². The van der Waals surface area contributed by atoms with E-state index in [1.165, 1.54) is 0 Å². The molecule has 0 amide bonds. The molecule has 0 atom stereocenters. The summed E-state index contributed by atoms with van der Waals surface area (Å²) in [4.78, 5) is 7.10. The molecule has 6 aromatic rings. The van der Waals surface area contributed by atoms with Crippen LogP contribution >= 0.6 is 0 Å². The van der Waals surface area contributed by atoms with Crippen molar-refractivity contribution in [1.82, 2.24) is 0 Å². The standard InChI is InChI=1S/C38H34N4Si/c43-39-37(40(31-19-7-1-8-20-31)32-21-9-2-10-22-32)38(41(33-23-11-3-12-24-33)34-25-13-4-14-26-34)42(35-27-15-5-16-28-35)36-29-17-6-18-30-36/h1-30,38H,43H3. The van der Waals surface area contributed by atoms with E-state index >= 15 is 0 Å². The monoisotopic (exact) mass is 574 g/mol. The molecule has 6 aromatic carbocycles. The molecule has 0 saturated carbocycles. The largest absolute Gasteiger partial charge is 0.319 e. The van der Waals surface area contributed by atoms with Crippen molar-refractivity contribution >= 4 is 50.4 Å². The van der Waals surface area contributed by atoms with Crippen LogP contribution in [-0.2, 0) is 0 Å². The molecular weight excluding hydrogens is 541 g/mol. The van der Waals surface area contributed by atoms with E-state index in [9.17, 15) is 0 Å². The number of amidine groups is 1. The van der Waals surface area contributed by atoms with Gasteiger partial charge in [-0.15, -0.1) is 0 Å². The average molecular weight is 575 g/mol. The summed E-state index contributed by atoms with van der Waals surface area (Å²) >= 11 is 0. The Balaban J connectivity index is 1.68. The number of hydrogen-bond donors (Lipinski definition) is 0. The molecular formula is C38H34N4Si. The fraction of sp³-hybridized carbons (Fsp3) is 0.0263. The van der Waals surface area contributed by atoms with Crippen molar-refractivity contribution in [2.45, 2.75) is 6.17 Å². The van der Waals surface area contributed by atoms with Gasteiger partial charge in [-0.1, -0.05) is 109 Å². The van der Waals surface area contributed by atoms with Gasteiger partial charge >= 0.3 is 0 Å². The van der Waals surface area contributed by atoms with E-state index < -0.39 is 0 Å². The van der Waals surface area contributed by atoms with E-state index in [0.29, 0.717) is 10.4 Å². The van der Waals surface area contributed by atoms with E-state index in [1.807, 2.05) is 0 Å². The quantitative estimate of drug-likeness (QED) is 0.0748. The summed E-state index contributed by atoms with van der Waals surface area (Å²) in [5.41, 5.74) is 6.38. The highest BCUT2D eigenvalue weighted by atomic mass is 28.2. The molecule has 0 bridgehead atoms. The van der Waals surface area contributed by atoms with E-state index in [4.69, 9.17) is 4.66 Å². The first-order chi connectivity index (χ1) is 21.3. The molecule has 0 saturated heterocycles. The zero-order chi connectivity index (χ0) is 29.3. The van der Waals surface area contributed by atoms with Crippen LogP contribution in [0.4, 0.5) is 34.1 Å². The lowest BCUT2D eigenvalue weighted by Gasteiger charge is -2.45. The van der Waals surface area contributed by atoms with Gasteiger partial charge in [0.2, 0.25) is 0 Å². The average Bonchev–Trinajstić information content (AvgIpc) is 3.09. The predicted octanol–water partition coefficient (Wildman–Crippen LogP) is 8.51. The van der Waals surface area contributed by atoms with Crippen molar-refractivity contribution in [3.05, 3.63) is 182 Å². The van der Waals surface area contributed by atoms with E-state index in [-0.39, 0.29) is 6.17 Å². The summed E-state index contributed by atoms with van der Waals surface area (Å²) < 4.78 is 5.28. The Morgan fingerprint density at radius 2 is 0.605 bits per heavy atom. The third kappa shape index (κ3) is 6.12. The van der Waals surface area contributed by atoms with Gasteiger partial charge < -0.3 is 14.5 Å². The van der Waals surface area contributed by atoms with Gasteiger partial charge in [-0.05, 0) is 72.8 Å². The normalized spacial score (nSPS) is 11.3. The van der Waals surface area contributed by atoms with Crippen LogP contribution in [-0.4, -0.2) is 22.4 Å². The van der Waals surface area contributed by atoms with Gasteiger partial charge in [-0.25, -0.2) is 0 Å². The lowest BCUT2D eigenvalue weighted by atomic mass is 10.1. The highest BCUT2D eigenvalue weighted by Crippen LogP contribution is 2.39. The Bertz CT molecular complexity index is 1510. The Kier molecular flexibility index (Phi) is 8.72. The van der Waals surface area contributed by atoms with Gasteiger partial charge in [-0.3, -0.25) is 4.90 Å². The number of nitrogens with zero attached hydrogens (tertiary/aromatic N) is 4. The summed E-state index contributed by atoms with van der Waals surface area (Å²) in [7, 11) is 0.604. The van der Waals surface area contributed by atoms with E-state index in [0.717, 1.165) is 40.0 Å². The Morgan fingerprint density at radius 3 is 0.837 bits per heavy atom. The minimum Gasteiger partial charge on any atom is -0.319 e. The first-order valence-electron chi connectivity index (χ1n) is 14.5. The smallest absolute Gasteiger partial charge is 0.169 e. The fourth-order valence-electron chi connectivity index (χ4n) is 5.46.